The largest absolute Gasteiger partial charge is 0.364 e. The van der Waals surface area contributed by atoms with Gasteiger partial charge in [-0.25, -0.2) is 0 Å². The van der Waals surface area contributed by atoms with Crippen LogP contribution in [0, 0.1) is 0 Å². The summed E-state index contributed by atoms with van der Waals surface area (Å²) in [5, 5.41) is 0. The molecule has 0 bridgehead atoms. The number of nitrogens with two attached hydrogens (primary N) is 1. The molecule has 2 N–H and O–H groups in total. The Morgan fingerprint density at radius 1 is 1.29 bits per heavy atom. The van der Waals surface area contributed by atoms with Crippen molar-refractivity contribution in [3.8, 4) is 0 Å². The third-order valence-electron chi connectivity index (χ3n) is 2.87. The lowest BCUT2D eigenvalue weighted by Gasteiger charge is -2.19. The van der Waals surface area contributed by atoms with Crippen molar-refractivity contribution in [1.29, 1.82) is 0 Å². The van der Waals surface area contributed by atoms with E-state index in [0.717, 1.165) is 18.4 Å². The van der Waals surface area contributed by atoms with Crippen LogP contribution in [-0.4, -0.2) is 24.2 Å². The Morgan fingerprint density at radius 2 is 1.90 bits per heavy atom. The van der Waals surface area contributed by atoms with Gasteiger partial charge >= 0.3 is 0 Å². The van der Waals surface area contributed by atoms with Gasteiger partial charge in [0.25, 0.3) is 0 Å². The minimum atomic E-state index is -0.895. The van der Waals surface area contributed by atoms with Gasteiger partial charge in [0.15, 0.2) is 5.78 Å². The molecule has 21 heavy (non-hydrogen) atoms. The van der Waals surface area contributed by atoms with Gasteiger partial charge < -0.3 is 15.3 Å². The second kappa shape index (κ2) is 12.2. The molecule has 0 radical (unpaired) electrons. The molecule has 0 saturated carbocycles. The third kappa shape index (κ3) is 7.73. The van der Waals surface area contributed by atoms with E-state index in [-0.39, 0.29) is 12.4 Å². The minimum absolute atomic E-state index is 0.0996. The molecular formula is C17H27NO3. The SMILES string of the molecule is CC.CCCCC(=O)C(OCc1ccccc1)C(N)C=O. The van der Waals surface area contributed by atoms with Crippen LogP contribution in [0.15, 0.2) is 30.3 Å². The monoisotopic (exact) mass is 293 g/mol. The molecule has 0 aliphatic carbocycles. The maximum atomic E-state index is 12.0. The van der Waals surface area contributed by atoms with Crippen LogP contribution >= 0.6 is 0 Å². The van der Waals surface area contributed by atoms with Crippen LogP contribution < -0.4 is 5.73 Å². The normalized spacial score (nSPS) is 12.8. The fourth-order valence-electron chi connectivity index (χ4n) is 1.74. The average Bonchev–Trinajstić information content (AvgIpc) is 2.55. The molecule has 1 rings (SSSR count). The van der Waals surface area contributed by atoms with Crippen LogP contribution in [0.4, 0.5) is 0 Å². The fraction of sp³-hybridized carbons (Fsp3) is 0.529. The van der Waals surface area contributed by atoms with E-state index in [2.05, 4.69) is 0 Å². The predicted molar refractivity (Wildman–Crippen MR) is 84.9 cm³/mol. The van der Waals surface area contributed by atoms with Gasteiger partial charge in [-0.05, 0) is 12.0 Å². The zero-order chi connectivity index (χ0) is 16.1. The Bertz CT molecular complexity index is 392. The maximum Gasteiger partial charge on any atom is 0.163 e. The highest BCUT2D eigenvalue weighted by Crippen LogP contribution is 2.09. The number of carbonyl (C=O) groups excluding carboxylic acids is 2. The van der Waals surface area contributed by atoms with Crippen molar-refractivity contribution < 1.29 is 14.3 Å². The van der Waals surface area contributed by atoms with Crippen LogP contribution in [0.1, 0.15) is 45.6 Å². The summed E-state index contributed by atoms with van der Waals surface area (Å²) >= 11 is 0. The molecule has 4 heteroatoms. The topological polar surface area (TPSA) is 69.4 Å². The van der Waals surface area contributed by atoms with Crippen molar-refractivity contribution in [2.24, 2.45) is 5.73 Å². The summed E-state index contributed by atoms with van der Waals surface area (Å²) in [7, 11) is 0. The molecule has 0 amide bonds. The molecule has 4 nitrogen and oxygen atoms in total. The van der Waals surface area contributed by atoms with E-state index in [1.807, 2.05) is 51.1 Å². The van der Waals surface area contributed by atoms with Crippen LogP contribution in [-0.2, 0) is 20.9 Å². The number of Topliss-reactive ketones (excluding diaryl/α,β-unsaturated/α-hetero) is 1. The second-order valence-electron chi connectivity index (χ2n) is 4.50. The van der Waals surface area contributed by atoms with Crippen LogP contribution in [0.25, 0.3) is 0 Å². The summed E-state index contributed by atoms with van der Waals surface area (Å²) in [4.78, 5) is 22.7. The van der Waals surface area contributed by atoms with Crippen molar-refractivity contribution >= 4 is 12.1 Å². The summed E-state index contributed by atoms with van der Waals surface area (Å²) in [6, 6.07) is 8.61. The summed E-state index contributed by atoms with van der Waals surface area (Å²) in [5.41, 5.74) is 6.59. The minimum Gasteiger partial charge on any atom is -0.364 e. The summed E-state index contributed by atoms with van der Waals surface area (Å²) in [5.74, 6) is -0.0996. The average molecular weight is 293 g/mol. The van der Waals surface area contributed by atoms with E-state index < -0.39 is 12.1 Å². The van der Waals surface area contributed by atoms with E-state index in [1.165, 1.54) is 0 Å². The Labute approximate surface area is 127 Å². The predicted octanol–water partition coefficient (Wildman–Crippen LogP) is 2.88. The third-order valence-corrected chi connectivity index (χ3v) is 2.87. The van der Waals surface area contributed by atoms with Gasteiger partial charge in [-0.1, -0.05) is 57.5 Å². The molecule has 0 saturated heterocycles. The standard InChI is InChI=1S/C15H21NO3.C2H6/c1-2-3-9-14(18)15(13(16)10-17)19-11-12-7-5-4-6-8-12;1-2/h4-8,10,13,15H,2-3,9,11,16H2,1H3;1-2H3. The van der Waals surface area contributed by atoms with Crippen molar-refractivity contribution in [2.75, 3.05) is 0 Å². The van der Waals surface area contributed by atoms with Gasteiger partial charge in [-0.2, -0.15) is 0 Å². The number of hydrogen-bond donors (Lipinski definition) is 1. The van der Waals surface area contributed by atoms with Gasteiger partial charge in [0.05, 0.1) is 12.6 Å². The molecule has 2 atom stereocenters. The van der Waals surface area contributed by atoms with Gasteiger partial charge in [0.2, 0.25) is 0 Å². The highest BCUT2D eigenvalue weighted by atomic mass is 16.5. The number of ether oxygens (including phenoxy) is 1. The first-order chi connectivity index (χ1) is 10.2. The number of benzene rings is 1. The van der Waals surface area contributed by atoms with Gasteiger partial charge in [0, 0.05) is 6.42 Å². The van der Waals surface area contributed by atoms with Gasteiger partial charge in [0.1, 0.15) is 12.4 Å². The van der Waals surface area contributed by atoms with Crippen molar-refractivity contribution in [2.45, 2.75) is 58.8 Å². The highest BCUT2D eigenvalue weighted by molar-refractivity contribution is 5.87. The quantitative estimate of drug-likeness (QED) is 0.711. The summed E-state index contributed by atoms with van der Waals surface area (Å²) in [6.45, 7) is 6.29. The molecule has 0 aliphatic rings. The number of carbonyl (C=O) groups is 2. The number of hydrogen-bond acceptors (Lipinski definition) is 4. The molecule has 0 heterocycles. The zero-order valence-corrected chi connectivity index (χ0v) is 13.2. The van der Waals surface area contributed by atoms with Crippen LogP contribution in [0.3, 0.4) is 0 Å². The maximum absolute atomic E-state index is 12.0. The zero-order valence-electron chi connectivity index (χ0n) is 13.2. The number of unbranched alkanes of at least 4 members (excludes halogenated alkanes) is 1. The Balaban J connectivity index is 0.00000191. The lowest BCUT2D eigenvalue weighted by Crippen LogP contribution is -2.43. The van der Waals surface area contributed by atoms with E-state index in [9.17, 15) is 9.59 Å². The smallest absolute Gasteiger partial charge is 0.163 e. The second-order valence-corrected chi connectivity index (χ2v) is 4.50. The molecule has 0 fully saturated rings. The molecule has 2 unspecified atom stereocenters. The number of rotatable bonds is 9. The molecule has 0 aromatic heterocycles. The van der Waals surface area contributed by atoms with E-state index in [0.29, 0.717) is 12.7 Å². The van der Waals surface area contributed by atoms with Gasteiger partial charge in [-0.3, -0.25) is 4.79 Å². The van der Waals surface area contributed by atoms with Crippen LogP contribution in [0.2, 0.25) is 0 Å². The first kappa shape index (κ1) is 19.5. The van der Waals surface area contributed by atoms with Gasteiger partial charge in [-0.15, -0.1) is 0 Å². The molecular weight excluding hydrogens is 266 g/mol. The molecule has 1 aromatic rings. The first-order valence-corrected chi connectivity index (χ1v) is 7.58. The van der Waals surface area contributed by atoms with Crippen LogP contribution in [0.5, 0.6) is 0 Å². The molecule has 0 aliphatic heterocycles. The lowest BCUT2D eigenvalue weighted by atomic mass is 10.0. The van der Waals surface area contributed by atoms with E-state index in [1.54, 1.807) is 0 Å². The highest BCUT2D eigenvalue weighted by Gasteiger charge is 2.25. The Kier molecular flexibility index (Phi) is 11.4. The summed E-state index contributed by atoms with van der Waals surface area (Å²) < 4.78 is 5.53. The number of aldehydes is 1. The number of ketones is 1. The Hall–Kier alpha value is -1.52. The fourth-order valence-corrected chi connectivity index (χ4v) is 1.74. The van der Waals surface area contributed by atoms with E-state index >= 15 is 0 Å². The molecule has 0 spiro atoms. The molecule has 1 aromatic carbocycles. The lowest BCUT2D eigenvalue weighted by molar-refractivity contribution is -0.135. The van der Waals surface area contributed by atoms with Crippen molar-refractivity contribution in [1.82, 2.24) is 0 Å². The Morgan fingerprint density at radius 3 is 2.43 bits per heavy atom. The van der Waals surface area contributed by atoms with Crippen molar-refractivity contribution in [3.05, 3.63) is 35.9 Å². The first-order valence-electron chi connectivity index (χ1n) is 7.58. The van der Waals surface area contributed by atoms with E-state index in [4.69, 9.17) is 10.5 Å². The molecule has 118 valence electrons. The van der Waals surface area contributed by atoms with Crippen molar-refractivity contribution in [3.63, 3.8) is 0 Å². The summed E-state index contributed by atoms with van der Waals surface area (Å²) in [6.07, 6.45) is 1.84.